The Labute approximate surface area is 155 Å². The number of piperidine rings is 1. The molecule has 26 heavy (non-hydrogen) atoms. The third-order valence-corrected chi connectivity index (χ3v) is 5.06. The van der Waals surface area contributed by atoms with Gasteiger partial charge in [0.2, 0.25) is 5.91 Å². The Balaban J connectivity index is 1.44. The van der Waals surface area contributed by atoms with Gasteiger partial charge in [-0.3, -0.25) is 14.4 Å². The van der Waals surface area contributed by atoms with Crippen LogP contribution in [0.1, 0.15) is 18.4 Å². The molecule has 1 aliphatic heterocycles. The molecule has 1 fully saturated rings. The van der Waals surface area contributed by atoms with Crippen LogP contribution in [0.15, 0.2) is 42.7 Å². The van der Waals surface area contributed by atoms with Crippen molar-refractivity contribution in [2.45, 2.75) is 25.3 Å². The summed E-state index contributed by atoms with van der Waals surface area (Å²) in [6.45, 7) is 3.43. The van der Waals surface area contributed by atoms with Crippen molar-refractivity contribution in [1.82, 2.24) is 19.6 Å². The highest BCUT2D eigenvalue weighted by atomic mass is 16.2. The molecule has 6 nitrogen and oxygen atoms in total. The molecule has 2 aromatic rings. The molecule has 0 radical (unpaired) electrons. The third-order valence-electron chi connectivity index (χ3n) is 5.06. The molecule has 1 aromatic carbocycles. The third kappa shape index (κ3) is 5.41. The maximum absolute atomic E-state index is 12.3. The fourth-order valence-corrected chi connectivity index (χ4v) is 3.56. The summed E-state index contributed by atoms with van der Waals surface area (Å²) in [7, 11) is 4.04. The van der Waals surface area contributed by atoms with Crippen molar-refractivity contribution < 1.29 is 4.79 Å². The molecule has 3 rings (SSSR count). The number of rotatable bonds is 7. The Kier molecular flexibility index (Phi) is 6.41. The quantitative estimate of drug-likeness (QED) is 0.825. The number of aromatic nitrogens is 2. The first-order valence-corrected chi connectivity index (χ1v) is 9.35. The highest BCUT2D eigenvalue weighted by Crippen LogP contribution is 2.15. The number of carbonyl (C=O) groups is 1. The highest BCUT2D eigenvalue weighted by molar-refractivity contribution is 5.91. The fraction of sp³-hybridized carbons (Fsp3) is 0.500. The summed E-state index contributed by atoms with van der Waals surface area (Å²) in [5.41, 5.74) is 2.13. The molecule has 1 N–H and O–H groups in total. The summed E-state index contributed by atoms with van der Waals surface area (Å²) >= 11 is 0. The minimum Gasteiger partial charge on any atom is -0.322 e. The molecule has 2 heterocycles. The van der Waals surface area contributed by atoms with Gasteiger partial charge in [0.1, 0.15) is 0 Å². The number of benzene rings is 1. The number of hydrogen-bond acceptors (Lipinski definition) is 4. The van der Waals surface area contributed by atoms with Crippen LogP contribution in [0.3, 0.4) is 0 Å². The van der Waals surface area contributed by atoms with E-state index < -0.39 is 0 Å². The number of likely N-dealkylation sites (tertiary alicyclic amines) is 1. The zero-order valence-corrected chi connectivity index (χ0v) is 15.8. The summed E-state index contributed by atoms with van der Waals surface area (Å²) in [6.07, 6.45) is 6.89. The number of amides is 1. The first-order valence-electron chi connectivity index (χ1n) is 9.35. The van der Waals surface area contributed by atoms with Crippen LogP contribution < -0.4 is 5.32 Å². The molecule has 0 bridgehead atoms. The van der Waals surface area contributed by atoms with Gasteiger partial charge in [0.05, 0.1) is 18.4 Å². The molecule has 1 aromatic heterocycles. The van der Waals surface area contributed by atoms with E-state index in [1.807, 2.05) is 13.2 Å². The van der Waals surface area contributed by atoms with Crippen LogP contribution in [-0.2, 0) is 18.3 Å². The molecule has 0 saturated carbocycles. The molecule has 140 valence electrons. The second-order valence-electron chi connectivity index (χ2n) is 7.20. The van der Waals surface area contributed by atoms with Gasteiger partial charge in [0.15, 0.2) is 0 Å². The van der Waals surface area contributed by atoms with Gasteiger partial charge in [-0.2, -0.15) is 5.10 Å². The van der Waals surface area contributed by atoms with Crippen LogP contribution in [0.2, 0.25) is 0 Å². The van der Waals surface area contributed by atoms with Gasteiger partial charge in [0, 0.05) is 32.4 Å². The molecule has 1 amide bonds. The SMILES string of the molecule is CN(CCc1ccccc1)[C@@H]1CCCN(CC(=O)Nc2cnn(C)c2)C1. The molecule has 1 atom stereocenters. The van der Waals surface area contributed by atoms with Gasteiger partial charge >= 0.3 is 0 Å². The predicted molar refractivity (Wildman–Crippen MR) is 104 cm³/mol. The monoisotopic (exact) mass is 355 g/mol. The first-order chi connectivity index (χ1) is 12.6. The lowest BCUT2D eigenvalue weighted by Crippen LogP contribution is -2.48. The Morgan fingerprint density at radius 1 is 1.35 bits per heavy atom. The van der Waals surface area contributed by atoms with Gasteiger partial charge in [-0.25, -0.2) is 0 Å². The standard InChI is InChI=1S/C20H29N5O/c1-23(12-10-17-7-4-3-5-8-17)19-9-6-11-25(15-19)16-20(26)22-18-13-21-24(2)14-18/h3-5,7-8,13-14,19H,6,9-12,15-16H2,1-2H3,(H,22,26)/t19-/m1/s1. The fourth-order valence-electron chi connectivity index (χ4n) is 3.56. The molecule has 0 spiro atoms. The maximum Gasteiger partial charge on any atom is 0.238 e. The van der Waals surface area contributed by atoms with E-state index in [4.69, 9.17) is 0 Å². The molecule has 1 aliphatic rings. The zero-order valence-electron chi connectivity index (χ0n) is 15.8. The normalized spacial score (nSPS) is 18.2. The van der Waals surface area contributed by atoms with E-state index in [1.54, 1.807) is 10.9 Å². The van der Waals surface area contributed by atoms with Crippen LogP contribution in [0, 0.1) is 0 Å². The number of hydrogen-bond donors (Lipinski definition) is 1. The van der Waals surface area contributed by atoms with Crippen molar-refractivity contribution in [2.24, 2.45) is 7.05 Å². The van der Waals surface area contributed by atoms with Crippen LogP contribution >= 0.6 is 0 Å². The summed E-state index contributed by atoms with van der Waals surface area (Å²) < 4.78 is 1.69. The van der Waals surface area contributed by atoms with E-state index in [0.717, 1.165) is 38.2 Å². The van der Waals surface area contributed by atoms with Crippen molar-refractivity contribution in [2.75, 3.05) is 38.5 Å². The average Bonchev–Trinajstić information content (AvgIpc) is 3.05. The van der Waals surface area contributed by atoms with E-state index in [1.165, 1.54) is 12.0 Å². The van der Waals surface area contributed by atoms with Gasteiger partial charge in [-0.15, -0.1) is 0 Å². The molecular weight excluding hydrogens is 326 g/mol. The Morgan fingerprint density at radius 2 is 2.15 bits per heavy atom. The van der Waals surface area contributed by atoms with Crippen LogP contribution in [-0.4, -0.2) is 64.8 Å². The Bertz CT molecular complexity index is 699. The Hall–Kier alpha value is -2.18. The lowest BCUT2D eigenvalue weighted by Gasteiger charge is -2.37. The molecule has 6 heteroatoms. The number of carbonyl (C=O) groups excluding carboxylic acids is 1. The molecule has 0 unspecified atom stereocenters. The van der Waals surface area contributed by atoms with Gasteiger partial charge < -0.3 is 10.2 Å². The van der Waals surface area contributed by atoms with Crippen molar-refractivity contribution in [3.8, 4) is 0 Å². The molecule has 0 aliphatic carbocycles. The van der Waals surface area contributed by atoms with Crippen LogP contribution in [0.4, 0.5) is 5.69 Å². The van der Waals surface area contributed by atoms with E-state index in [0.29, 0.717) is 12.6 Å². The van der Waals surface area contributed by atoms with Crippen molar-refractivity contribution in [1.29, 1.82) is 0 Å². The summed E-state index contributed by atoms with van der Waals surface area (Å²) in [4.78, 5) is 17.0. The minimum absolute atomic E-state index is 0.0330. The molecule has 1 saturated heterocycles. The maximum atomic E-state index is 12.3. The van der Waals surface area contributed by atoms with E-state index in [-0.39, 0.29) is 5.91 Å². The number of nitrogens with zero attached hydrogens (tertiary/aromatic N) is 4. The van der Waals surface area contributed by atoms with Gasteiger partial charge in [0.25, 0.3) is 0 Å². The number of anilines is 1. The smallest absolute Gasteiger partial charge is 0.238 e. The van der Waals surface area contributed by atoms with E-state index in [2.05, 4.69) is 57.6 Å². The highest BCUT2D eigenvalue weighted by Gasteiger charge is 2.24. The van der Waals surface area contributed by atoms with Crippen molar-refractivity contribution in [3.05, 3.63) is 48.3 Å². The second kappa shape index (κ2) is 8.96. The second-order valence-corrected chi connectivity index (χ2v) is 7.20. The summed E-state index contributed by atoms with van der Waals surface area (Å²) in [5.74, 6) is 0.0330. The van der Waals surface area contributed by atoms with E-state index in [9.17, 15) is 4.79 Å². The minimum atomic E-state index is 0.0330. The lowest BCUT2D eigenvalue weighted by molar-refractivity contribution is -0.117. The van der Waals surface area contributed by atoms with Gasteiger partial charge in [-0.1, -0.05) is 30.3 Å². The zero-order chi connectivity index (χ0) is 18.4. The van der Waals surface area contributed by atoms with Gasteiger partial charge in [-0.05, 0) is 38.4 Å². The van der Waals surface area contributed by atoms with Crippen LogP contribution in [0.5, 0.6) is 0 Å². The summed E-state index contributed by atoms with van der Waals surface area (Å²) in [5, 5.41) is 7.00. The average molecular weight is 355 g/mol. The van der Waals surface area contributed by atoms with Crippen molar-refractivity contribution in [3.63, 3.8) is 0 Å². The topological polar surface area (TPSA) is 53.4 Å². The lowest BCUT2D eigenvalue weighted by atomic mass is 10.0. The van der Waals surface area contributed by atoms with Crippen molar-refractivity contribution >= 4 is 11.6 Å². The van der Waals surface area contributed by atoms with E-state index >= 15 is 0 Å². The first kappa shape index (κ1) is 18.6. The number of likely N-dealkylation sites (N-methyl/N-ethyl adjacent to an activating group) is 1. The Morgan fingerprint density at radius 3 is 2.88 bits per heavy atom. The number of aryl methyl sites for hydroxylation is 1. The number of nitrogens with one attached hydrogen (secondary N) is 1. The molecular formula is C20H29N5O. The predicted octanol–water partition coefficient (Wildman–Crippen LogP) is 2.00. The largest absolute Gasteiger partial charge is 0.322 e. The van der Waals surface area contributed by atoms with Crippen LogP contribution in [0.25, 0.3) is 0 Å². The summed E-state index contributed by atoms with van der Waals surface area (Å²) in [6, 6.07) is 11.1.